The third kappa shape index (κ3) is 5.13. The lowest BCUT2D eigenvalue weighted by Crippen LogP contribution is -2.31. The molecule has 1 rings (SSSR count). The average molecular weight is 276 g/mol. The Morgan fingerprint density at radius 3 is 2.64 bits per heavy atom. The van der Waals surface area contributed by atoms with Gasteiger partial charge in [-0.05, 0) is 55.1 Å². The molecule has 14 heavy (non-hydrogen) atoms. The van der Waals surface area contributed by atoms with Crippen LogP contribution in [0.25, 0.3) is 0 Å². The average Bonchev–Trinajstić information content (AvgIpc) is 2.44. The van der Waals surface area contributed by atoms with Gasteiger partial charge in [-0.3, -0.25) is 0 Å². The standard InChI is InChI=1S/C11H18BrNS/c1-11(2,13)6-4-3-5-10-7-9(12)8-14-10/h7-8H,3-6,13H2,1-2H3. The molecule has 0 bridgehead atoms. The summed E-state index contributed by atoms with van der Waals surface area (Å²) in [5, 5.41) is 2.14. The number of halogens is 1. The Morgan fingerprint density at radius 1 is 1.43 bits per heavy atom. The molecule has 0 aliphatic rings. The first-order valence-corrected chi connectivity index (χ1v) is 6.66. The van der Waals surface area contributed by atoms with Crippen molar-refractivity contribution in [1.29, 1.82) is 0 Å². The van der Waals surface area contributed by atoms with Crippen LogP contribution in [0.5, 0.6) is 0 Å². The van der Waals surface area contributed by atoms with E-state index in [4.69, 9.17) is 5.73 Å². The van der Waals surface area contributed by atoms with E-state index in [9.17, 15) is 0 Å². The normalized spacial score (nSPS) is 12.0. The second-order valence-corrected chi connectivity index (χ2v) is 6.34. The first kappa shape index (κ1) is 12.2. The Bertz CT molecular complexity index is 275. The summed E-state index contributed by atoms with van der Waals surface area (Å²) in [4.78, 5) is 1.46. The van der Waals surface area contributed by atoms with Crippen molar-refractivity contribution in [3.63, 3.8) is 0 Å². The van der Waals surface area contributed by atoms with Gasteiger partial charge in [-0.15, -0.1) is 11.3 Å². The lowest BCUT2D eigenvalue weighted by Gasteiger charge is -2.17. The number of nitrogens with two attached hydrogens (primary N) is 1. The predicted octanol–water partition coefficient (Wildman–Crippen LogP) is 3.96. The monoisotopic (exact) mass is 275 g/mol. The summed E-state index contributed by atoms with van der Waals surface area (Å²) in [7, 11) is 0. The van der Waals surface area contributed by atoms with Crippen LogP contribution in [0.15, 0.2) is 15.9 Å². The summed E-state index contributed by atoms with van der Waals surface area (Å²) >= 11 is 5.29. The predicted molar refractivity (Wildman–Crippen MR) is 67.8 cm³/mol. The molecule has 2 N–H and O–H groups in total. The van der Waals surface area contributed by atoms with Crippen molar-refractivity contribution in [2.75, 3.05) is 0 Å². The number of hydrogen-bond acceptors (Lipinski definition) is 2. The molecule has 0 atom stereocenters. The zero-order valence-electron chi connectivity index (χ0n) is 8.85. The van der Waals surface area contributed by atoms with Gasteiger partial charge >= 0.3 is 0 Å². The summed E-state index contributed by atoms with van der Waals surface area (Å²) in [6.07, 6.45) is 4.76. The maximum atomic E-state index is 5.91. The van der Waals surface area contributed by atoms with Crippen LogP contribution < -0.4 is 5.73 Å². The maximum absolute atomic E-state index is 5.91. The Balaban J connectivity index is 2.16. The van der Waals surface area contributed by atoms with E-state index in [1.54, 1.807) is 0 Å². The van der Waals surface area contributed by atoms with E-state index in [1.165, 1.54) is 28.6 Å². The molecule has 0 aromatic carbocycles. The molecule has 0 saturated heterocycles. The first-order valence-electron chi connectivity index (χ1n) is 4.99. The van der Waals surface area contributed by atoms with E-state index in [-0.39, 0.29) is 5.54 Å². The molecule has 0 unspecified atom stereocenters. The zero-order valence-corrected chi connectivity index (χ0v) is 11.2. The highest BCUT2D eigenvalue weighted by atomic mass is 79.9. The summed E-state index contributed by atoms with van der Waals surface area (Å²) in [6.45, 7) is 4.18. The highest BCUT2D eigenvalue weighted by molar-refractivity contribution is 9.10. The van der Waals surface area contributed by atoms with Crippen LogP contribution in [0.3, 0.4) is 0 Å². The molecule has 0 radical (unpaired) electrons. The molecule has 0 aliphatic heterocycles. The molecule has 0 fully saturated rings. The highest BCUT2D eigenvalue weighted by Crippen LogP contribution is 2.22. The van der Waals surface area contributed by atoms with Gasteiger partial charge in [0.05, 0.1) is 0 Å². The molecular weight excluding hydrogens is 258 g/mol. The van der Waals surface area contributed by atoms with Crippen LogP contribution in [0.2, 0.25) is 0 Å². The Labute approximate surface area is 98.8 Å². The molecule has 1 heterocycles. The topological polar surface area (TPSA) is 26.0 Å². The van der Waals surface area contributed by atoms with Crippen LogP contribution >= 0.6 is 27.3 Å². The smallest absolute Gasteiger partial charge is 0.0285 e. The van der Waals surface area contributed by atoms with E-state index < -0.39 is 0 Å². The summed E-state index contributed by atoms with van der Waals surface area (Å²) < 4.78 is 1.21. The van der Waals surface area contributed by atoms with Gasteiger partial charge in [0.2, 0.25) is 0 Å². The minimum absolute atomic E-state index is 0.00394. The number of hydrogen-bond donors (Lipinski definition) is 1. The van der Waals surface area contributed by atoms with Gasteiger partial charge in [0, 0.05) is 20.3 Å². The van der Waals surface area contributed by atoms with Crippen molar-refractivity contribution < 1.29 is 0 Å². The van der Waals surface area contributed by atoms with Gasteiger partial charge in [0.1, 0.15) is 0 Å². The molecule has 80 valence electrons. The van der Waals surface area contributed by atoms with Crippen molar-refractivity contribution in [2.45, 2.75) is 45.1 Å². The summed E-state index contributed by atoms with van der Waals surface area (Å²) in [5.41, 5.74) is 5.91. The maximum Gasteiger partial charge on any atom is 0.0285 e. The van der Waals surface area contributed by atoms with Crippen molar-refractivity contribution >= 4 is 27.3 Å². The van der Waals surface area contributed by atoms with Gasteiger partial charge < -0.3 is 5.73 Å². The Morgan fingerprint density at radius 2 is 2.14 bits per heavy atom. The fourth-order valence-electron chi connectivity index (χ4n) is 1.36. The molecule has 0 aliphatic carbocycles. The fourth-order valence-corrected chi connectivity index (χ4v) is 2.86. The van der Waals surface area contributed by atoms with Crippen molar-refractivity contribution in [3.8, 4) is 0 Å². The second-order valence-electron chi connectivity index (χ2n) is 4.43. The van der Waals surface area contributed by atoms with Crippen molar-refractivity contribution in [3.05, 3.63) is 20.8 Å². The molecule has 0 spiro atoms. The number of aryl methyl sites for hydroxylation is 1. The van der Waals surface area contributed by atoms with E-state index >= 15 is 0 Å². The molecule has 1 nitrogen and oxygen atoms in total. The van der Waals surface area contributed by atoms with E-state index in [2.05, 4.69) is 41.2 Å². The van der Waals surface area contributed by atoms with Gasteiger partial charge in [-0.2, -0.15) is 0 Å². The largest absolute Gasteiger partial charge is 0.326 e. The molecule has 1 aromatic rings. The van der Waals surface area contributed by atoms with Crippen LogP contribution in [0.1, 0.15) is 38.0 Å². The lowest BCUT2D eigenvalue weighted by molar-refractivity contribution is 0.451. The fraction of sp³-hybridized carbons (Fsp3) is 0.636. The second kappa shape index (κ2) is 5.29. The van der Waals surface area contributed by atoms with E-state index in [0.717, 1.165) is 6.42 Å². The van der Waals surface area contributed by atoms with E-state index in [0.29, 0.717) is 0 Å². The van der Waals surface area contributed by atoms with Gasteiger partial charge in [0.25, 0.3) is 0 Å². The third-order valence-electron chi connectivity index (χ3n) is 2.12. The Kier molecular flexibility index (Phi) is 4.61. The van der Waals surface area contributed by atoms with Crippen LogP contribution in [-0.4, -0.2) is 5.54 Å². The minimum atomic E-state index is -0.00394. The minimum Gasteiger partial charge on any atom is -0.326 e. The lowest BCUT2D eigenvalue weighted by atomic mass is 9.98. The van der Waals surface area contributed by atoms with Crippen molar-refractivity contribution in [1.82, 2.24) is 0 Å². The van der Waals surface area contributed by atoms with Gasteiger partial charge in [-0.25, -0.2) is 0 Å². The first-order chi connectivity index (χ1) is 6.47. The zero-order chi connectivity index (χ0) is 10.6. The quantitative estimate of drug-likeness (QED) is 0.809. The third-order valence-corrected chi connectivity index (χ3v) is 3.87. The Hall–Kier alpha value is 0.140. The molecule has 1 aromatic heterocycles. The van der Waals surface area contributed by atoms with Gasteiger partial charge in [-0.1, -0.05) is 6.42 Å². The van der Waals surface area contributed by atoms with Gasteiger partial charge in [0.15, 0.2) is 0 Å². The number of rotatable bonds is 5. The summed E-state index contributed by atoms with van der Waals surface area (Å²) in [5.74, 6) is 0. The van der Waals surface area contributed by atoms with Crippen molar-refractivity contribution in [2.24, 2.45) is 5.73 Å². The van der Waals surface area contributed by atoms with Crippen LogP contribution in [0.4, 0.5) is 0 Å². The summed E-state index contributed by atoms with van der Waals surface area (Å²) in [6, 6.07) is 2.21. The molecule has 0 amide bonds. The number of unbranched alkanes of at least 4 members (excludes halogenated alkanes) is 1. The molecule has 0 saturated carbocycles. The SMILES string of the molecule is CC(C)(N)CCCCc1cc(Br)cs1. The highest BCUT2D eigenvalue weighted by Gasteiger charge is 2.09. The number of thiophene rings is 1. The molecular formula is C11H18BrNS. The van der Waals surface area contributed by atoms with Crippen LogP contribution in [0, 0.1) is 0 Å². The molecule has 3 heteroatoms. The van der Waals surface area contributed by atoms with Crippen LogP contribution in [-0.2, 0) is 6.42 Å². The van der Waals surface area contributed by atoms with E-state index in [1.807, 2.05) is 11.3 Å².